The molecule has 0 saturated carbocycles. The molecular weight excluding hydrogens is 645 g/mol. The first-order valence-corrected chi connectivity index (χ1v) is 18.0. The lowest BCUT2D eigenvalue weighted by Gasteiger charge is -2.20. The van der Waals surface area contributed by atoms with Gasteiger partial charge in [0.25, 0.3) is 0 Å². The molecule has 0 spiro atoms. The summed E-state index contributed by atoms with van der Waals surface area (Å²) in [4.78, 5) is 21.4. The molecule has 8 rings (SSSR count). The Balaban J connectivity index is 1.10. The van der Waals surface area contributed by atoms with Gasteiger partial charge in [-0.1, -0.05) is 60.7 Å². The van der Waals surface area contributed by atoms with Crippen LogP contribution in [0.3, 0.4) is 0 Å². The van der Waals surface area contributed by atoms with Crippen LogP contribution in [0, 0.1) is 0 Å². The van der Waals surface area contributed by atoms with E-state index in [0.717, 1.165) is 66.2 Å². The smallest absolute Gasteiger partial charge is 0.119 e. The van der Waals surface area contributed by atoms with Crippen LogP contribution >= 0.6 is 23.5 Å². The molecule has 0 amide bonds. The summed E-state index contributed by atoms with van der Waals surface area (Å²) in [7, 11) is 0. The zero-order valence-corrected chi connectivity index (χ0v) is 28.1. The molecule has 2 aliphatic heterocycles. The highest BCUT2D eigenvalue weighted by atomic mass is 32.2. The molecule has 0 saturated heterocycles. The fourth-order valence-electron chi connectivity index (χ4n) is 6.34. The number of fused-ring (bicyclic) bond motifs is 2. The van der Waals surface area contributed by atoms with E-state index in [9.17, 15) is 10.2 Å². The summed E-state index contributed by atoms with van der Waals surface area (Å²) in [6.07, 6.45) is 5.47. The van der Waals surface area contributed by atoms with Crippen LogP contribution < -0.4 is 0 Å². The maximum atomic E-state index is 11.2. The predicted molar refractivity (Wildman–Crippen MR) is 199 cm³/mol. The van der Waals surface area contributed by atoms with Gasteiger partial charge in [-0.2, -0.15) is 0 Å². The van der Waals surface area contributed by atoms with Crippen molar-refractivity contribution in [2.24, 2.45) is 9.98 Å². The Morgan fingerprint density at radius 2 is 0.980 bits per heavy atom. The van der Waals surface area contributed by atoms with E-state index in [1.807, 2.05) is 84.9 Å². The molecule has 8 heteroatoms. The second-order valence-corrected chi connectivity index (χ2v) is 14.6. The van der Waals surface area contributed by atoms with Gasteiger partial charge in [0.15, 0.2) is 0 Å². The fraction of sp³-hybridized carbons (Fsp3) is 0.122. The first-order chi connectivity index (χ1) is 24.1. The third kappa shape index (κ3) is 6.75. The molecule has 4 heterocycles. The molecule has 2 unspecified atom stereocenters. The number of para-hydroxylation sites is 2. The lowest BCUT2D eigenvalue weighted by molar-refractivity contribution is 0.467. The summed E-state index contributed by atoms with van der Waals surface area (Å²) in [6.45, 7) is 0. The molecule has 6 aromatic rings. The number of phenolic OH excluding ortho intramolecular Hbond substituents is 2. The third-order valence-electron chi connectivity index (χ3n) is 8.74. The number of aliphatic imine (C=N–C) groups is 2. The molecule has 6 nitrogen and oxygen atoms in total. The fourth-order valence-corrected chi connectivity index (χ4v) is 8.85. The maximum absolute atomic E-state index is 11.2. The van der Waals surface area contributed by atoms with E-state index in [-0.39, 0.29) is 22.0 Å². The van der Waals surface area contributed by atoms with Crippen LogP contribution in [0.4, 0.5) is 11.4 Å². The lowest BCUT2D eigenvalue weighted by atomic mass is 9.96. The average Bonchev–Trinajstić information content (AvgIpc) is 3.46. The Bertz CT molecular complexity index is 2050. The van der Waals surface area contributed by atoms with Gasteiger partial charge in [-0.25, -0.2) is 9.98 Å². The van der Waals surface area contributed by atoms with E-state index in [4.69, 9.17) is 9.98 Å². The van der Waals surface area contributed by atoms with E-state index < -0.39 is 0 Å². The van der Waals surface area contributed by atoms with Crippen molar-refractivity contribution in [3.05, 3.63) is 167 Å². The molecule has 240 valence electrons. The van der Waals surface area contributed by atoms with Crippen LogP contribution in [0.5, 0.6) is 11.5 Å². The minimum Gasteiger partial charge on any atom is -0.508 e. The number of phenols is 2. The number of hydrogen-bond acceptors (Lipinski definition) is 8. The van der Waals surface area contributed by atoms with Crippen molar-refractivity contribution in [2.45, 2.75) is 39.6 Å². The second kappa shape index (κ2) is 13.7. The highest BCUT2D eigenvalue weighted by Gasteiger charge is 2.27. The Labute approximate surface area is 293 Å². The molecule has 0 bridgehead atoms. The number of benzene rings is 4. The summed E-state index contributed by atoms with van der Waals surface area (Å²) in [5.74, 6) is 0.532. The number of nitrogens with zero attached hydrogens (tertiary/aromatic N) is 4. The Morgan fingerprint density at radius 1 is 0.531 bits per heavy atom. The van der Waals surface area contributed by atoms with E-state index >= 15 is 0 Å². The number of hydrogen-bond donors (Lipinski definition) is 2. The van der Waals surface area contributed by atoms with Gasteiger partial charge in [0, 0.05) is 56.7 Å². The van der Waals surface area contributed by atoms with Gasteiger partial charge in [-0.15, -0.1) is 23.5 Å². The summed E-state index contributed by atoms with van der Waals surface area (Å²) in [5.41, 5.74) is 9.19. The van der Waals surface area contributed by atoms with Crippen LogP contribution in [0.25, 0.3) is 0 Å². The van der Waals surface area contributed by atoms with Crippen molar-refractivity contribution in [3.63, 3.8) is 0 Å². The van der Waals surface area contributed by atoms with Crippen LogP contribution in [-0.4, -0.2) is 31.6 Å². The van der Waals surface area contributed by atoms with E-state index in [1.165, 1.54) is 0 Å². The van der Waals surface area contributed by atoms with Crippen molar-refractivity contribution in [1.29, 1.82) is 0 Å². The monoisotopic (exact) mass is 676 g/mol. The largest absolute Gasteiger partial charge is 0.508 e. The molecule has 4 aromatic carbocycles. The SMILES string of the molecule is Oc1ccc(Cc2ccc(O)c(C3CC(c4ccccn4)=Nc4ccccc4S3)c2)cc1C1CC(c2ccccn2)=Nc2ccccc2S1. The first-order valence-electron chi connectivity index (χ1n) is 16.2. The molecule has 2 aromatic heterocycles. The van der Waals surface area contributed by atoms with E-state index in [2.05, 4.69) is 34.2 Å². The molecule has 2 aliphatic rings. The van der Waals surface area contributed by atoms with Gasteiger partial charge < -0.3 is 10.2 Å². The van der Waals surface area contributed by atoms with Gasteiger partial charge in [0.1, 0.15) is 11.5 Å². The maximum Gasteiger partial charge on any atom is 0.119 e. The Hall–Kier alpha value is -5.18. The zero-order chi connectivity index (χ0) is 33.2. The molecule has 0 fully saturated rings. The van der Waals surface area contributed by atoms with Crippen molar-refractivity contribution in [3.8, 4) is 11.5 Å². The molecule has 0 radical (unpaired) electrons. The molecular formula is C41H32N4O2S2. The van der Waals surface area contributed by atoms with E-state index in [0.29, 0.717) is 19.3 Å². The summed E-state index contributed by atoms with van der Waals surface area (Å²) < 4.78 is 0. The number of thioether (sulfide) groups is 2. The van der Waals surface area contributed by atoms with Crippen LogP contribution in [0.1, 0.15) is 57.0 Å². The normalized spacial score (nSPS) is 17.1. The minimum absolute atomic E-state index is 0.0634. The standard InChI is InChI=1S/C41H32N4O2S2/c46-36-17-15-26(22-28(36)40-24-34(30-9-5-7-19-42-30)44-32-11-1-3-13-38(32)48-40)21-27-16-18-37(47)29(23-27)41-25-35(31-10-6-8-20-43-31)45-33-12-2-4-14-39(33)49-41/h1-20,22-23,40-41,46-47H,21,24-25H2. The van der Waals surface area contributed by atoms with Gasteiger partial charge in [0.05, 0.1) is 34.2 Å². The molecule has 2 atom stereocenters. The highest BCUT2D eigenvalue weighted by Crippen LogP contribution is 2.49. The van der Waals surface area contributed by atoms with E-state index in [1.54, 1.807) is 48.1 Å². The molecule has 2 N–H and O–H groups in total. The summed E-state index contributed by atoms with van der Waals surface area (Å²) in [6, 6.07) is 39.8. The Kier molecular flexibility index (Phi) is 8.73. The van der Waals surface area contributed by atoms with Crippen LogP contribution in [0.2, 0.25) is 0 Å². The van der Waals surface area contributed by atoms with Crippen LogP contribution in [0.15, 0.2) is 153 Å². The van der Waals surface area contributed by atoms with Crippen LogP contribution in [-0.2, 0) is 6.42 Å². The highest BCUT2D eigenvalue weighted by molar-refractivity contribution is 8.00. The summed E-state index contributed by atoms with van der Waals surface area (Å²) >= 11 is 3.44. The number of aromatic nitrogens is 2. The van der Waals surface area contributed by atoms with Crippen molar-refractivity contribution in [1.82, 2.24) is 9.97 Å². The Morgan fingerprint density at radius 3 is 1.43 bits per heavy atom. The third-order valence-corrected chi connectivity index (χ3v) is 11.4. The molecule has 0 aliphatic carbocycles. The molecule has 49 heavy (non-hydrogen) atoms. The average molecular weight is 677 g/mol. The van der Waals surface area contributed by atoms with Gasteiger partial charge in [0.2, 0.25) is 0 Å². The first kappa shape index (κ1) is 31.1. The lowest BCUT2D eigenvalue weighted by Crippen LogP contribution is -2.08. The van der Waals surface area contributed by atoms with Gasteiger partial charge in [-0.3, -0.25) is 9.97 Å². The number of rotatable bonds is 6. The van der Waals surface area contributed by atoms with Gasteiger partial charge >= 0.3 is 0 Å². The second-order valence-electron chi connectivity index (χ2n) is 12.1. The number of aromatic hydroxyl groups is 2. The van der Waals surface area contributed by atoms with Crippen molar-refractivity contribution >= 4 is 46.3 Å². The number of pyridine rings is 2. The summed E-state index contributed by atoms with van der Waals surface area (Å²) in [5, 5.41) is 22.3. The zero-order valence-electron chi connectivity index (χ0n) is 26.5. The quantitative estimate of drug-likeness (QED) is 0.182. The minimum atomic E-state index is -0.0634. The van der Waals surface area contributed by atoms with Crippen molar-refractivity contribution in [2.75, 3.05) is 0 Å². The van der Waals surface area contributed by atoms with Crippen molar-refractivity contribution < 1.29 is 10.2 Å². The topological polar surface area (TPSA) is 91.0 Å². The van der Waals surface area contributed by atoms with Gasteiger partial charge in [-0.05, 0) is 78.2 Å². The predicted octanol–water partition coefficient (Wildman–Crippen LogP) is 10.2.